The molecule has 4 aromatic carbocycles. The molecule has 216 valence electrons. The van der Waals surface area contributed by atoms with Gasteiger partial charge in [-0.2, -0.15) is 43.9 Å². The first-order valence-corrected chi connectivity index (χ1v) is 15.9. The third-order valence-corrected chi connectivity index (χ3v) is 15.7. The number of hydrogen-bond donors (Lipinski definition) is 0. The fourth-order valence-corrected chi connectivity index (χ4v) is 14.3. The second-order valence-corrected chi connectivity index (χ2v) is 16.1. The first-order chi connectivity index (χ1) is 19.7. The minimum absolute atomic E-state index is 0.0276. The summed E-state index contributed by atoms with van der Waals surface area (Å²) in [7, 11) is -11.3. The number of alkyl halides is 10. The molecule has 0 saturated carbocycles. The fraction of sp³-hybridized carbons (Fsp3) is 0.200. The van der Waals surface area contributed by atoms with E-state index < -0.39 is 71.5 Å². The highest BCUT2D eigenvalue weighted by Gasteiger charge is 2.93. The van der Waals surface area contributed by atoms with Crippen LogP contribution in [0.4, 0.5) is 43.9 Å². The van der Waals surface area contributed by atoms with Crippen LogP contribution >= 0.6 is 15.2 Å². The van der Waals surface area contributed by atoms with Crippen molar-refractivity contribution < 1.29 is 43.9 Å². The minimum atomic E-state index is -6.26. The Kier molecular flexibility index (Phi) is 5.54. The Bertz CT molecular complexity index is 1540. The molecule has 0 N–H and O–H groups in total. The van der Waals surface area contributed by atoms with E-state index in [0.29, 0.717) is 0 Å². The van der Waals surface area contributed by atoms with E-state index in [9.17, 15) is 26.3 Å². The van der Waals surface area contributed by atoms with Gasteiger partial charge in [-0.05, 0) is 44.5 Å². The molecule has 7 rings (SSSR count). The zero-order valence-electron chi connectivity index (χ0n) is 20.9. The lowest BCUT2D eigenvalue weighted by atomic mass is 9.54. The average Bonchev–Trinajstić information content (AvgIpc) is 3.39. The van der Waals surface area contributed by atoms with Crippen LogP contribution in [-0.4, -0.2) is 23.2 Å². The first kappa shape index (κ1) is 27.8. The molecule has 0 nitrogen and oxygen atoms in total. The van der Waals surface area contributed by atoms with E-state index in [4.69, 9.17) is 0 Å². The Balaban J connectivity index is 1.81. The number of fused-ring (bicyclic) bond motifs is 11. The Morgan fingerprint density at radius 3 is 0.810 bits per heavy atom. The van der Waals surface area contributed by atoms with Gasteiger partial charge < -0.3 is 0 Å². The number of rotatable bonds is 0. The number of halogens is 10. The second kappa shape index (κ2) is 8.35. The molecular formula is C30H16F10P2. The van der Waals surface area contributed by atoms with Crippen molar-refractivity contribution in [2.24, 2.45) is 0 Å². The summed E-state index contributed by atoms with van der Waals surface area (Å²) in [5.41, 5.74) is -20.1. The monoisotopic (exact) mass is 628 g/mol. The van der Waals surface area contributed by atoms with E-state index in [1.54, 1.807) is 0 Å². The van der Waals surface area contributed by atoms with Crippen molar-refractivity contribution >= 4 is 15.2 Å². The molecule has 12 heteroatoms. The van der Waals surface area contributed by atoms with Gasteiger partial charge in [0.2, 0.25) is 0 Å². The van der Waals surface area contributed by atoms with Crippen LogP contribution in [0.3, 0.4) is 0 Å². The molecule has 0 bridgehead atoms. The van der Waals surface area contributed by atoms with Gasteiger partial charge in [0.05, 0.1) is 0 Å². The normalized spacial score (nSPS) is 23.8. The zero-order chi connectivity index (χ0) is 30.1. The molecule has 1 aliphatic heterocycles. The minimum Gasteiger partial charge on any atom is -0.200 e. The van der Waals surface area contributed by atoms with Crippen molar-refractivity contribution in [2.45, 2.75) is 34.0 Å². The van der Waals surface area contributed by atoms with Crippen LogP contribution < -0.4 is 0 Å². The molecule has 2 spiro atoms. The number of benzene rings is 4. The van der Waals surface area contributed by atoms with Crippen LogP contribution in [0.2, 0.25) is 0 Å². The maximum atomic E-state index is 17.6. The van der Waals surface area contributed by atoms with E-state index in [1.165, 1.54) is 72.8 Å². The van der Waals surface area contributed by atoms with Crippen LogP contribution in [0.5, 0.6) is 0 Å². The molecule has 2 unspecified atom stereocenters. The maximum Gasteiger partial charge on any atom is 0.415 e. The summed E-state index contributed by atoms with van der Waals surface area (Å²) in [4.78, 5) is 0. The molecule has 1 saturated heterocycles. The van der Waals surface area contributed by atoms with Crippen molar-refractivity contribution in [3.8, 4) is 22.3 Å². The van der Waals surface area contributed by atoms with Crippen molar-refractivity contribution in [3.63, 3.8) is 0 Å². The summed E-state index contributed by atoms with van der Waals surface area (Å²) in [6.45, 7) is 0. The Morgan fingerprint density at radius 2 is 0.595 bits per heavy atom. The maximum absolute atomic E-state index is 17.6. The van der Waals surface area contributed by atoms with Crippen molar-refractivity contribution in [2.75, 3.05) is 0 Å². The molecule has 42 heavy (non-hydrogen) atoms. The van der Waals surface area contributed by atoms with Crippen LogP contribution in [0.1, 0.15) is 22.3 Å². The van der Waals surface area contributed by atoms with Gasteiger partial charge in [0.15, 0.2) is 0 Å². The topological polar surface area (TPSA) is 0 Å². The molecule has 0 aromatic heterocycles. The van der Waals surface area contributed by atoms with Crippen molar-refractivity contribution in [1.82, 2.24) is 0 Å². The Morgan fingerprint density at radius 1 is 0.381 bits per heavy atom. The van der Waals surface area contributed by atoms with Crippen LogP contribution in [-0.2, 0) is 10.8 Å². The molecule has 4 aromatic rings. The van der Waals surface area contributed by atoms with E-state index >= 15 is 17.6 Å². The van der Waals surface area contributed by atoms with Gasteiger partial charge >= 0.3 is 11.8 Å². The SMILES string of the molecule is FC(F)(F)P1P(C(F)(F)F)C(F)(F)C2(c3ccccc3-c3ccccc32)C2(c3ccccc3-c3ccccc32)C1(F)F. The Labute approximate surface area is 234 Å². The third kappa shape index (κ3) is 2.93. The van der Waals surface area contributed by atoms with E-state index in [1.807, 2.05) is 0 Å². The van der Waals surface area contributed by atoms with E-state index in [0.717, 1.165) is 24.3 Å². The van der Waals surface area contributed by atoms with Crippen molar-refractivity contribution in [1.29, 1.82) is 0 Å². The summed E-state index contributed by atoms with van der Waals surface area (Å²) < 4.78 is 159. The molecule has 2 aliphatic carbocycles. The second-order valence-electron chi connectivity index (χ2n) is 10.3. The van der Waals surface area contributed by atoms with Gasteiger partial charge in [-0.25, -0.2) is 0 Å². The quantitative estimate of drug-likeness (QED) is 0.134. The van der Waals surface area contributed by atoms with Gasteiger partial charge in [0.25, 0.3) is 11.3 Å². The van der Waals surface area contributed by atoms with E-state index in [-0.39, 0.29) is 22.3 Å². The lowest BCUT2D eigenvalue weighted by molar-refractivity contribution is -0.114. The van der Waals surface area contributed by atoms with Crippen LogP contribution in [0, 0.1) is 0 Å². The van der Waals surface area contributed by atoms with Gasteiger partial charge in [-0.1, -0.05) is 97.1 Å². The summed E-state index contributed by atoms with van der Waals surface area (Å²) in [5.74, 6) is -12.5. The number of hydrogen-bond acceptors (Lipinski definition) is 0. The van der Waals surface area contributed by atoms with Crippen LogP contribution in [0.25, 0.3) is 22.3 Å². The fourth-order valence-electron chi connectivity index (χ4n) is 7.49. The molecule has 1 heterocycles. The van der Waals surface area contributed by atoms with Crippen molar-refractivity contribution in [3.05, 3.63) is 119 Å². The predicted octanol–water partition coefficient (Wildman–Crippen LogP) is 11.0. The highest BCUT2D eigenvalue weighted by Crippen LogP contribution is 3.01. The molecule has 2 atom stereocenters. The van der Waals surface area contributed by atoms with Gasteiger partial charge in [0, 0.05) is 0 Å². The van der Waals surface area contributed by atoms with Gasteiger partial charge in [-0.3, -0.25) is 0 Å². The molecule has 3 aliphatic rings. The summed E-state index contributed by atoms with van der Waals surface area (Å²) >= 11 is 0. The lowest BCUT2D eigenvalue weighted by Crippen LogP contribution is -2.69. The molecule has 1 fully saturated rings. The van der Waals surface area contributed by atoms with E-state index in [2.05, 4.69) is 0 Å². The smallest absolute Gasteiger partial charge is 0.200 e. The summed E-state index contributed by atoms with van der Waals surface area (Å²) in [5, 5.41) is 0. The summed E-state index contributed by atoms with van der Waals surface area (Å²) in [6, 6.07) is 20.1. The standard InChI is InChI=1S/C30H16F10P2/c31-27(32)25(21-13-5-1-9-17(21)18-10-2-6-14-22(18)25)26(28(33,34)42(30(38,39)40)41(27)29(35,36)37)23-15-7-3-11-19(23)20-12-4-8-16-24(20)26/h1-16H. The predicted molar refractivity (Wildman–Crippen MR) is 141 cm³/mol. The molecule has 0 amide bonds. The lowest BCUT2D eigenvalue weighted by Gasteiger charge is -2.63. The molecular weight excluding hydrogens is 612 g/mol. The Hall–Kier alpha value is -2.96. The highest BCUT2D eigenvalue weighted by molar-refractivity contribution is 8.31. The average molecular weight is 628 g/mol. The largest absolute Gasteiger partial charge is 0.415 e. The summed E-state index contributed by atoms with van der Waals surface area (Å²) in [6.07, 6.45) is 0. The third-order valence-electron chi connectivity index (χ3n) is 8.58. The highest BCUT2D eigenvalue weighted by atomic mass is 32.1. The van der Waals surface area contributed by atoms with Gasteiger partial charge in [0.1, 0.15) is 26.1 Å². The zero-order valence-corrected chi connectivity index (χ0v) is 22.7. The van der Waals surface area contributed by atoms with Crippen LogP contribution in [0.15, 0.2) is 97.1 Å². The molecule has 0 radical (unpaired) electrons. The first-order valence-electron chi connectivity index (χ1n) is 12.5. The van der Waals surface area contributed by atoms with Gasteiger partial charge in [-0.15, -0.1) is 0 Å².